The number of oxime groups is 1. The van der Waals surface area contributed by atoms with Gasteiger partial charge in [-0.15, -0.1) is 0 Å². The van der Waals surface area contributed by atoms with Crippen LogP contribution in [0.3, 0.4) is 0 Å². The molecule has 0 aromatic heterocycles. The maximum Gasteiger partial charge on any atom is 0.365 e. The van der Waals surface area contributed by atoms with E-state index in [9.17, 15) is 9.59 Å². The minimum Gasteiger partial charge on any atom is -0.497 e. The summed E-state index contributed by atoms with van der Waals surface area (Å²) in [5, 5.41) is 4.41. The van der Waals surface area contributed by atoms with Crippen molar-refractivity contribution in [3.8, 4) is 5.75 Å². The van der Waals surface area contributed by atoms with E-state index in [0.717, 1.165) is 29.7 Å². The molecule has 2 aliphatic carbocycles. The minimum atomic E-state index is -0.628. The maximum absolute atomic E-state index is 14.6. The quantitative estimate of drug-likeness (QED) is 0.244. The molecule has 0 saturated heterocycles. The van der Waals surface area contributed by atoms with E-state index < -0.39 is 11.4 Å². The zero-order valence-electron chi connectivity index (χ0n) is 23.1. The molecule has 0 radical (unpaired) electrons. The van der Waals surface area contributed by atoms with Crippen LogP contribution < -0.4 is 4.74 Å². The smallest absolute Gasteiger partial charge is 0.365 e. The molecule has 2 aliphatic rings. The average molecular weight is 525 g/mol. The number of rotatable bonds is 8. The monoisotopic (exact) mass is 524 g/mol. The summed E-state index contributed by atoms with van der Waals surface area (Å²) in [5.74, 6) is 0.274. The van der Waals surface area contributed by atoms with Crippen LogP contribution in [-0.2, 0) is 22.7 Å². The van der Waals surface area contributed by atoms with Crippen molar-refractivity contribution in [2.24, 2.45) is 21.4 Å². The van der Waals surface area contributed by atoms with Crippen LogP contribution in [0.2, 0.25) is 0 Å². The van der Waals surface area contributed by atoms with E-state index in [2.05, 4.69) is 50.2 Å². The second-order valence-electron chi connectivity index (χ2n) is 11.5. The van der Waals surface area contributed by atoms with Gasteiger partial charge in [0.2, 0.25) is 5.91 Å². The summed E-state index contributed by atoms with van der Waals surface area (Å²) in [4.78, 5) is 34.8. The zero-order valence-corrected chi connectivity index (χ0v) is 23.1. The number of hydrogen-bond donors (Lipinski definition) is 0. The molecule has 202 valence electrons. The van der Waals surface area contributed by atoms with Crippen LogP contribution in [0.1, 0.15) is 61.5 Å². The fourth-order valence-corrected chi connectivity index (χ4v) is 6.48. The van der Waals surface area contributed by atoms with Gasteiger partial charge in [-0.25, -0.2) is 4.79 Å². The molecule has 3 aromatic rings. The van der Waals surface area contributed by atoms with Gasteiger partial charge in [-0.2, -0.15) is 0 Å². The molecular formula is C33H36N2O4. The highest BCUT2D eigenvalue weighted by Crippen LogP contribution is 2.71. The molecule has 39 heavy (non-hydrogen) atoms. The highest BCUT2D eigenvalue weighted by atomic mass is 16.7. The van der Waals surface area contributed by atoms with Gasteiger partial charge in [-0.1, -0.05) is 86.6 Å². The van der Waals surface area contributed by atoms with Crippen molar-refractivity contribution in [2.75, 3.05) is 7.11 Å². The number of amides is 1. The Kier molecular flexibility index (Phi) is 7.06. The molecule has 6 heteroatoms. The molecule has 2 fully saturated rings. The molecule has 2 bridgehead atoms. The largest absolute Gasteiger partial charge is 0.497 e. The Bertz CT molecular complexity index is 1330. The Morgan fingerprint density at radius 3 is 1.92 bits per heavy atom. The van der Waals surface area contributed by atoms with Gasteiger partial charge < -0.3 is 14.5 Å². The standard InChI is InChI=1S/C33H36N2O4/c1-31(2)32(3)19-20-33(31,21-28(32)34-39-29(36)26-15-17-27(38-4)18-16-26)30(37)35(22-24-11-7-5-8-12-24)23-25-13-9-6-10-14-25/h5-18H,19-23H2,1-4H3. The molecule has 0 heterocycles. The molecule has 0 aliphatic heterocycles. The van der Waals surface area contributed by atoms with Crippen LogP contribution >= 0.6 is 0 Å². The number of fused-ring (bicyclic) bond motifs is 2. The molecular weight excluding hydrogens is 488 g/mol. The van der Waals surface area contributed by atoms with E-state index >= 15 is 0 Å². The van der Waals surface area contributed by atoms with Crippen molar-refractivity contribution in [3.05, 3.63) is 102 Å². The van der Waals surface area contributed by atoms with Crippen molar-refractivity contribution >= 4 is 17.6 Å². The number of carbonyl (C=O) groups is 2. The topological polar surface area (TPSA) is 68.2 Å². The van der Waals surface area contributed by atoms with Crippen LogP contribution in [-0.4, -0.2) is 29.6 Å². The van der Waals surface area contributed by atoms with Gasteiger partial charge in [0.1, 0.15) is 5.75 Å². The predicted octanol–water partition coefficient (Wildman–Crippen LogP) is 6.65. The molecule has 1 amide bonds. The fraction of sp³-hybridized carbons (Fsp3) is 0.364. The lowest BCUT2D eigenvalue weighted by molar-refractivity contribution is -0.148. The predicted molar refractivity (Wildman–Crippen MR) is 151 cm³/mol. The van der Waals surface area contributed by atoms with Crippen molar-refractivity contribution in [3.63, 3.8) is 0 Å². The van der Waals surface area contributed by atoms with E-state index in [1.807, 2.05) is 41.3 Å². The first-order valence-corrected chi connectivity index (χ1v) is 13.5. The number of nitrogens with zero attached hydrogens (tertiary/aromatic N) is 2. The lowest BCUT2D eigenvalue weighted by Crippen LogP contribution is -2.48. The summed E-state index contributed by atoms with van der Waals surface area (Å²) in [6.45, 7) is 7.57. The van der Waals surface area contributed by atoms with E-state index in [1.54, 1.807) is 31.4 Å². The van der Waals surface area contributed by atoms with Crippen molar-refractivity contribution in [1.29, 1.82) is 0 Å². The SMILES string of the molecule is COc1ccc(C(=O)ON=C2CC3(C(=O)N(Cc4ccccc4)Cc4ccccc4)CCC2(C)C3(C)C)cc1. The molecule has 2 atom stereocenters. The first-order chi connectivity index (χ1) is 18.7. The van der Waals surface area contributed by atoms with Gasteiger partial charge in [0, 0.05) is 24.9 Å². The van der Waals surface area contributed by atoms with Crippen LogP contribution in [0.15, 0.2) is 90.1 Å². The van der Waals surface area contributed by atoms with Crippen molar-refractivity contribution < 1.29 is 19.2 Å². The van der Waals surface area contributed by atoms with E-state index in [-0.39, 0.29) is 16.7 Å². The van der Waals surface area contributed by atoms with Gasteiger partial charge in [0.05, 0.1) is 23.8 Å². The number of methoxy groups -OCH3 is 1. The Morgan fingerprint density at radius 2 is 1.38 bits per heavy atom. The van der Waals surface area contributed by atoms with Crippen molar-refractivity contribution in [1.82, 2.24) is 4.90 Å². The molecule has 0 spiro atoms. The lowest BCUT2D eigenvalue weighted by Gasteiger charge is -2.42. The minimum absolute atomic E-state index is 0.135. The third-order valence-corrected chi connectivity index (χ3v) is 9.43. The van der Waals surface area contributed by atoms with Gasteiger partial charge in [-0.05, 0) is 53.6 Å². The summed E-state index contributed by atoms with van der Waals surface area (Å²) in [5.41, 5.74) is 2.02. The second-order valence-corrected chi connectivity index (χ2v) is 11.5. The molecule has 2 unspecified atom stereocenters. The first kappa shape index (κ1) is 26.7. The highest BCUT2D eigenvalue weighted by molar-refractivity contribution is 6.02. The van der Waals surface area contributed by atoms with Crippen LogP contribution in [0, 0.1) is 16.2 Å². The molecule has 0 N–H and O–H groups in total. The lowest BCUT2D eigenvalue weighted by atomic mass is 9.64. The second kappa shape index (κ2) is 10.3. The highest BCUT2D eigenvalue weighted by Gasteiger charge is 2.72. The molecule has 3 aromatic carbocycles. The molecule has 6 nitrogen and oxygen atoms in total. The first-order valence-electron chi connectivity index (χ1n) is 13.5. The summed E-state index contributed by atoms with van der Waals surface area (Å²) in [6.07, 6.45) is 2.07. The van der Waals surface area contributed by atoms with Crippen LogP contribution in [0.4, 0.5) is 0 Å². The number of carbonyl (C=O) groups excluding carboxylic acids is 2. The summed E-state index contributed by atoms with van der Waals surface area (Å²) < 4.78 is 5.17. The average Bonchev–Trinajstić information content (AvgIpc) is 3.27. The van der Waals surface area contributed by atoms with Gasteiger partial charge in [0.15, 0.2) is 0 Å². The zero-order chi connectivity index (χ0) is 27.7. The van der Waals surface area contributed by atoms with Crippen LogP contribution in [0.25, 0.3) is 0 Å². The normalized spacial score (nSPS) is 23.9. The van der Waals surface area contributed by atoms with Gasteiger partial charge in [0.25, 0.3) is 0 Å². The fourth-order valence-electron chi connectivity index (χ4n) is 6.48. The van der Waals surface area contributed by atoms with E-state index in [1.165, 1.54) is 0 Å². The Balaban J connectivity index is 1.43. The van der Waals surface area contributed by atoms with E-state index in [0.29, 0.717) is 30.8 Å². The summed E-state index contributed by atoms with van der Waals surface area (Å²) in [6, 6.07) is 27.0. The maximum atomic E-state index is 14.6. The summed E-state index contributed by atoms with van der Waals surface area (Å²) in [7, 11) is 1.58. The van der Waals surface area contributed by atoms with Crippen molar-refractivity contribution in [2.45, 2.75) is 53.1 Å². The Morgan fingerprint density at radius 1 is 0.821 bits per heavy atom. The van der Waals surface area contributed by atoms with Gasteiger partial charge >= 0.3 is 5.97 Å². The van der Waals surface area contributed by atoms with Gasteiger partial charge in [-0.3, -0.25) is 4.79 Å². The molecule has 2 saturated carbocycles. The Labute approximate surface area is 230 Å². The van der Waals surface area contributed by atoms with Crippen LogP contribution in [0.5, 0.6) is 5.75 Å². The number of ether oxygens (including phenoxy) is 1. The number of hydrogen-bond acceptors (Lipinski definition) is 5. The third-order valence-electron chi connectivity index (χ3n) is 9.43. The van der Waals surface area contributed by atoms with E-state index in [4.69, 9.17) is 9.57 Å². The Hall–Kier alpha value is -3.93. The number of benzene rings is 3. The third kappa shape index (κ3) is 4.62. The summed E-state index contributed by atoms with van der Waals surface area (Å²) >= 11 is 0. The molecule has 5 rings (SSSR count).